The van der Waals surface area contributed by atoms with Crippen LogP contribution in [0.15, 0.2) is 43.7 Å². The number of nitrogens with zero attached hydrogens (tertiary/aromatic N) is 2. The summed E-state index contributed by atoms with van der Waals surface area (Å²) >= 11 is 0. The highest BCUT2D eigenvalue weighted by Crippen LogP contribution is 2.69. The fourth-order valence-corrected chi connectivity index (χ4v) is 7.76. The number of aromatic nitrogens is 4. The van der Waals surface area contributed by atoms with Crippen molar-refractivity contribution in [3.63, 3.8) is 0 Å². The van der Waals surface area contributed by atoms with E-state index < -0.39 is 128 Å². The van der Waals surface area contributed by atoms with Crippen molar-refractivity contribution in [3.8, 4) is 0 Å². The SMILES string of the molecule is O=P(O)(O)OP(=O)(O)OP(=O)(O)OP(=O)(O)O.[2H]c1cn([C@@H]2O[C@H](CO)[C@@H](O)[C@H]2O)c(=O)[nH]c1=O.[2H]c1cn([C@@H]2O[C@H](CO)[C@@H](O)[C@H]2O)c(=O)[nH]c1=O. The minimum Gasteiger partial charge on any atom is -0.394 e. The van der Waals surface area contributed by atoms with Gasteiger partial charge in [0.1, 0.15) is 36.6 Å². The van der Waals surface area contributed by atoms with Gasteiger partial charge in [-0.3, -0.25) is 28.7 Å². The lowest BCUT2D eigenvalue weighted by Gasteiger charge is -2.16. The van der Waals surface area contributed by atoms with Gasteiger partial charge in [-0.1, -0.05) is 0 Å². The summed E-state index contributed by atoms with van der Waals surface area (Å²) in [5, 5.41) is 56.3. The zero-order valence-electron chi connectivity index (χ0n) is 26.5. The van der Waals surface area contributed by atoms with Crippen LogP contribution < -0.4 is 22.5 Å². The number of ether oxygens (including phenoxy) is 2. The van der Waals surface area contributed by atoms with E-state index in [1.165, 1.54) is 0 Å². The van der Waals surface area contributed by atoms with Crippen molar-refractivity contribution in [2.24, 2.45) is 0 Å². The lowest BCUT2D eigenvalue weighted by molar-refractivity contribution is -0.0550. The Balaban J connectivity index is 0.000000275. The van der Waals surface area contributed by atoms with Gasteiger partial charge >= 0.3 is 42.7 Å². The Morgan fingerprint density at radius 2 is 0.941 bits per heavy atom. The lowest BCUT2D eigenvalue weighted by atomic mass is 10.1. The average molecular weight is 828 g/mol. The molecule has 2 aromatic heterocycles. The number of hydrogen-bond acceptors (Lipinski definition) is 19. The first-order valence-electron chi connectivity index (χ1n) is 13.8. The van der Waals surface area contributed by atoms with E-state index in [4.69, 9.17) is 51.8 Å². The van der Waals surface area contributed by atoms with Crippen molar-refractivity contribution in [2.45, 2.75) is 49.1 Å². The maximum atomic E-state index is 11.5. The van der Waals surface area contributed by atoms with Gasteiger partial charge < -0.3 is 69.5 Å². The first kappa shape index (κ1) is 41.4. The van der Waals surface area contributed by atoms with Gasteiger partial charge in [-0.05, 0) is 0 Å². The second-order valence-corrected chi connectivity index (χ2v) is 15.3. The highest BCUT2D eigenvalue weighted by Gasteiger charge is 2.45. The molecular weight excluding hydrogens is 796 g/mol. The molecule has 10 atom stereocenters. The highest BCUT2D eigenvalue weighted by molar-refractivity contribution is 7.69. The number of phosphoric acid groups is 4. The maximum absolute atomic E-state index is 11.5. The molecule has 14 N–H and O–H groups in total. The molecule has 0 aliphatic carbocycles. The van der Waals surface area contributed by atoms with Crippen LogP contribution in [-0.4, -0.2) is 129 Å². The molecule has 2 fully saturated rings. The van der Waals surface area contributed by atoms with E-state index in [9.17, 15) is 57.9 Å². The fraction of sp³-hybridized carbons (Fsp3) is 0.556. The zero-order chi connectivity index (χ0) is 41.0. The van der Waals surface area contributed by atoms with Crippen LogP contribution in [0.2, 0.25) is 0 Å². The van der Waals surface area contributed by atoms with E-state index >= 15 is 0 Å². The van der Waals surface area contributed by atoms with Crippen molar-refractivity contribution in [3.05, 3.63) is 66.2 Å². The van der Waals surface area contributed by atoms with Crippen LogP contribution in [0.5, 0.6) is 0 Å². The summed E-state index contributed by atoms with van der Waals surface area (Å²) in [5.74, 6) is 0. The van der Waals surface area contributed by atoms with Crippen molar-refractivity contribution in [1.29, 1.82) is 0 Å². The van der Waals surface area contributed by atoms with Crippen molar-refractivity contribution in [1.82, 2.24) is 19.1 Å². The van der Waals surface area contributed by atoms with Crippen LogP contribution in [0.1, 0.15) is 15.2 Å². The monoisotopic (exact) mass is 828 g/mol. The van der Waals surface area contributed by atoms with Gasteiger partial charge in [0.25, 0.3) is 11.1 Å². The van der Waals surface area contributed by atoms with E-state index in [1.807, 2.05) is 9.97 Å². The van der Waals surface area contributed by atoms with E-state index in [0.717, 1.165) is 21.5 Å². The van der Waals surface area contributed by atoms with Crippen LogP contribution in [-0.2, 0) is 40.7 Å². The van der Waals surface area contributed by atoms with E-state index in [2.05, 4.69) is 12.9 Å². The van der Waals surface area contributed by atoms with Crippen molar-refractivity contribution >= 4 is 31.3 Å². The predicted molar refractivity (Wildman–Crippen MR) is 156 cm³/mol. The second kappa shape index (κ2) is 17.6. The number of aliphatic hydroxyl groups is 6. The minimum atomic E-state index is -5.77. The summed E-state index contributed by atoms with van der Waals surface area (Å²) in [6.07, 6.45) is -8.35. The number of aliphatic hydroxyl groups excluding tert-OH is 6. The molecule has 29 nitrogen and oxygen atoms in total. The Labute approximate surface area is 282 Å². The third-order valence-corrected chi connectivity index (χ3v) is 10.8. The molecule has 2 aromatic rings. The number of H-pyrrole nitrogens is 2. The Kier molecular flexibility index (Phi) is 14.3. The molecule has 33 heteroatoms. The minimum absolute atomic E-state index is 0.479. The molecule has 0 radical (unpaired) electrons. The summed E-state index contributed by atoms with van der Waals surface area (Å²) < 4.78 is 77.3. The van der Waals surface area contributed by atoms with Crippen molar-refractivity contribution < 1.29 is 103 Å². The Morgan fingerprint density at radius 1 is 0.627 bits per heavy atom. The van der Waals surface area contributed by atoms with Crippen LogP contribution >= 0.6 is 31.3 Å². The third-order valence-electron chi connectivity index (χ3n) is 5.79. The number of aromatic amines is 2. The summed E-state index contributed by atoms with van der Waals surface area (Å²) in [6.45, 7) is -1.05. The number of rotatable bonds is 10. The van der Waals surface area contributed by atoms with Crippen LogP contribution in [0.4, 0.5) is 0 Å². The largest absolute Gasteiger partial charge is 0.490 e. The van der Waals surface area contributed by atoms with Gasteiger partial charge in [0.15, 0.2) is 12.5 Å². The van der Waals surface area contributed by atoms with E-state index in [-0.39, 0.29) is 0 Å². The summed E-state index contributed by atoms with van der Waals surface area (Å²) in [4.78, 5) is 98.3. The predicted octanol–water partition coefficient (Wildman–Crippen LogP) is -6.28. The van der Waals surface area contributed by atoms with Gasteiger partial charge in [-0.25, -0.2) is 27.8 Å². The van der Waals surface area contributed by atoms with Crippen LogP contribution in [0, 0.1) is 0 Å². The molecule has 292 valence electrons. The quantitative estimate of drug-likeness (QED) is 0.0990. The molecule has 2 aliphatic heterocycles. The molecule has 4 rings (SSSR count). The Hall–Kier alpha value is -2.40. The standard InChI is InChI=1S/2C9H12N2O6.H6O13P4/c2*12-3-4-6(14)7(15)8(17-4)11-2-1-5(13)10-9(11)16;1-14(2,3)11-16(7,8)13-17(9,10)12-15(4,5)6/h2*1-2,4,6-8,12,14-15H,3H2,(H,10,13,16);(H,7,8)(H,9,10)(H2,1,2,3)(H2,4,5,6)/t2*4-,6-,7-,8-;/m11./s1/i2*1D;. The van der Waals surface area contributed by atoms with E-state index in [1.54, 1.807) is 0 Å². The molecule has 4 heterocycles. The molecule has 0 spiro atoms. The number of nitrogens with one attached hydrogen (secondary N) is 2. The maximum Gasteiger partial charge on any atom is 0.490 e. The van der Waals surface area contributed by atoms with Gasteiger partial charge in [0, 0.05) is 24.5 Å². The van der Waals surface area contributed by atoms with Crippen LogP contribution in [0.3, 0.4) is 0 Å². The van der Waals surface area contributed by atoms with Gasteiger partial charge in [0.2, 0.25) is 0 Å². The second-order valence-electron chi connectivity index (χ2n) is 9.50. The molecule has 2 saturated heterocycles. The molecule has 0 amide bonds. The average Bonchev–Trinajstić information content (AvgIpc) is 3.43. The normalized spacial score (nSPS) is 29.3. The topological polar surface area (TPSA) is 467 Å². The molecule has 0 saturated carbocycles. The third kappa shape index (κ3) is 13.5. The van der Waals surface area contributed by atoms with Crippen molar-refractivity contribution in [2.75, 3.05) is 13.2 Å². The highest BCUT2D eigenvalue weighted by atomic mass is 31.3. The molecule has 2 unspecified atom stereocenters. The fourth-order valence-electron chi connectivity index (χ4n) is 3.80. The van der Waals surface area contributed by atoms with Gasteiger partial charge in [-0.15, -0.1) is 0 Å². The smallest absolute Gasteiger partial charge is 0.394 e. The first-order valence-corrected chi connectivity index (χ1v) is 18.9. The molecule has 2 aliphatic rings. The summed E-state index contributed by atoms with van der Waals surface area (Å²) in [6, 6.07) is -0.959. The Morgan fingerprint density at radius 3 is 1.20 bits per heavy atom. The molecule has 0 bridgehead atoms. The number of hydrogen-bond donors (Lipinski definition) is 14. The molecular formula is C18H30N4O25P4. The molecule has 51 heavy (non-hydrogen) atoms. The summed E-state index contributed by atoms with van der Waals surface area (Å²) in [5.41, 5.74) is -3.46. The van der Waals surface area contributed by atoms with Gasteiger partial charge in [0.05, 0.1) is 16.0 Å². The zero-order valence-corrected chi connectivity index (χ0v) is 28.1. The first-order chi connectivity index (χ1) is 24.0. The van der Waals surface area contributed by atoms with Crippen LogP contribution in [0.25, 0.3) is 0 Å². The molecule has 0 aromatic carbocycles. The lowest BCUT2D eigenvalue weighted by Crippen LogP contribution is -2.37. The Bertz CT molecular complexity index is 1890. The summed E-state index contributed by atoms with van der Waals surface area (Å²) in [7, 11) is -22.6. The van der Waals surface area contributed by atoms with E-state index in [0.29, 0.717) is 0 Å². The van der Waals surface area contributed by atoms with Gasteiger partial charge in [-0.2, -0.15) is 12.9 Å².